The van der Waals surface area contributed by atoms with E-state index in [0.717, 1.165) is 5.56 Å². The van der Waals surface area contributed by atoms with Crippen molar-refractivity contribution in [2.75, 3.05) is 0 Å². The van der Waals surface area contributed by atoms with Crippen molar-refractivity contribution in [3.63, 3.8) is 0 Å². The van der Waals surface area contributed by atoms with Gasteiger partial charge in [0.2, 0.25) is 0 Å². The summed E-state index contributed by atoms with van der Waals surface area (Å²) in [5, 5.41) is 8.32. The summed E-state index contributed by atoms with van der Waals surface area (Å²) in [6, 6.07) is 9.46. The maximum Gasteiger partial charge on any atom is 0.140 e. The summed E-state index contributed by atoms with van der Waals surface area (Å²) in [5.41, 5.74) is 2.76. The standard InChI is InChI=1S/C7H6N2.C6H7N.3C2H6/c1-6-2-3-7(4-8)9-5-6;1-6-3-2-4-7-5-6;3*1-2/h2-3,5H,1H3;2-5H,1H3;3*1-2H3. The predicted octanol–water partition coefficient (Wildman–Crippen LogP) is 5.73. The normalized spacial score (nSPS) is 7.05. The molecule has 2 rings (SSSR count). The third kappa shape index (κ3) is 15.8. The zero-order valence-electron chi connectivity index (χ0n) is 15.4. The fourth-order valence-corrected chi connectivity index (χ4v) is 0.982. The third-order valence-corrected chi connectivity index (χ3v) is 1.84. The molecule has 0 aliphatic rings. The summed E-state index contributed by atoms with van der Waals surface area (Å²) in [6.45, 7) is 16.0. The lowest BCUT2D eigenvalue weighted by molar-refractivity contribution is 1.22. The fraction of sp³-hybridized carbons (Fsp3) is 0.421. The first kappa shape index (κ1) is 24.8. The zero-order chi connectivity index (χ0) is 17.8. The van der Waals surface area contributed by atoms with E-state index in [-0.39, 0.29) is 0 Å². The molecule has 0 bridgehead atoms. The first-order valence-corrected chi connectivity index (χ1v) is 7.92. The molecular formula is C19H31N3. The lowest BCUT2D eigenvalue weighted by atomic mass is 10.3. The molecule has 0 unspecified atom stereocenters. The Morgan fingerprint density at radius 1 is 0.818 bits per heavy atom. The molecule has 2 aromatic heterocycles. The molecular weight excluding hydrogens is 270 g/mol. The molecule has 3 nitrogen and oxygen atoms in total. The number of hydrogen-bond donors (Lipinski definition) is 0. The number of aromatic nitrogens is 2. The first-order chi connectivity index (χ1) is 10.7. The minimum atomic E-state index is 0.473. The molecule has 0 spiro atoms. The average Bonchev–Trinajstić information content (AvgIpc) is 2.62. The van der Waals surface area contributed by atoms with Gasteiger partial charge >= 0.3 is 0 Å². The van der Waals surface area contributed by atoms with Crippen LogP contribution in [0.5, 0.6) is 0 Å². The van der Waals surface area contributed by atoms with Gasteiger partial charge in [0.15, 0.2) is 0 Å². The van der Waals surface area contributed by atoms with Crippen LogP contribution >= 0.6 is 0 Å². The van der Waals surface area contributed by atoms with E-state index in [9.17, 15) is 0 Å². The Kier molecular flexibility index (Phi) is 23.8. The molecule has 3 heteroatoms. The molecule has 0 amide bonds. The molecule has 0 aromatic carbocycles. The zero-order valence-corrected chi connectivity index (χ0v) is 15.4. The van der Waals surface area contributed by atoms with Crippen LogP contribution in [0.4, 0.5) is 0 Å². The maximum absolute atomic E-state index is 8.32. The van der Waals surface area contributed by atoms with E-state index in [2.05, 4.69) is 9.97 Å². The topological polar surface area (TPSA) is 49.6 Å². The van der Waals surface area contributed by atoms with Gasteiger partial charge in [0.1, 0.15) is 11.8 Å². The van der Waals surface area contributed by atoms with E-state index >= 15 is 0 Å². The lowest BCUT2D eigenvalue weighted by Gasteiger charge is -1.87. The van der Waals surface area contributed by atoms with Crippen LogP contribution in [0.1, 0.15) is 58.4 Å². The maximum atomic E-state index is 8.32. The van der Waals surface area contributed by atoms with Crippen molar-refractivity contribution in [1.82, 2.24) is 9.97 Å². The summed E-state index contributed by atoms with van der Waals surface area (Å²) < 4.78 is 0. The molecule has 122 valence electrons. The van der Waals surface area contributed by atoms with E-state index < -0.39 is 0 Å². The van der Waals surface area contributed by atoms with Crippen molar-refractivity contribution in [1.29, 1.82) is 5.26 Å². The van der Waals surface area contributed by atoms with Crippen molar-refractivity contribution in [3.05, 3.63) is 59.7 Å². The van der Waals surface area contributed by atoms with Crippen LogP contribution in [-0.4, -0.2) is 9.97 Å². The summed E-state index contributed by atoms with van der Waals surface area (Å²) in [6.07, 6.45) is 5.28. The number of hydrogen-bond acceptors (Lipinski definition) is 3. The second-order valence-corrected chi connectivity index (χ2v) is 3.36. The minimum Gasteiger partial charge on any atom is -0.264 e. The quantitative estimate of drug-likeness (QED) is 0.624. The Balaban J connectivity index is -0.000000249. The summed E-state index contributed by atoms with van der Waals surface area (Å²) >= 11 is 0. The highest BCUT2D eigenvalue weighted by Crippen LogP contribution is 1.95. The second kappa shape index (κ2) is 21.1. The van der Waals surface area contributed by atoms with Crippen molar-refractivity contribution in [3.8, 4) is 6.07 Å². The predicted molar refractivity (Wildman–Crippen MR) is 96.7 cm³/mol. The second-order valence-electron chi connectivity index (χ2n) is 3.36. The number of aryl methyl sites for hydroxylation is 2. The highest BCUT2D eigenvalue weighted by molar-refractivity contribution is 5.22. The largest absolute Gasteiger partial charge is 0.264 e. The molecule has 0 aliphatic heterocycles. The Labute approximate surface area is 137 Å². The molecule has 0 atom stereocenters. The number of nitrogens with zero attached hydrogens (tertiary/aromatic N) is 3. The molecule has 0 fully saturated rings. The Hall–Kier alpha value is -2.21. The van der Waals surface area contributed by atoms with Gasteiger partial charge in [-0.15, -0.1) is 0 Å². The van der Waals surface area contributed by atoms with E-state index in [1.807, 2.05) is 85.9 Å². The molecule has 0 N–H and O–H groups in total. The van der Waals surface area contributed by atoms with Crippen molar-refractivity contribution in [2.45, 2.75) is 55.4 Å². The Bertz CT molecular complexity index is 456. The molecule has 0 aliphatic carbocycles. The van der Waals surface area contributed by atoms with Crippen LogP contribution < -0.4 is 0 Å². The first-order valence-electron chi connectivity index (χ1n) is 7.92. The van der Waals surface area contributed by atoms with Crippen molar-refractivity contribution >= 4 is 0 Å². The summed E-state index contributed by atoms with van der Waals surface area (Å²) in [4.78, 5) is 7.72. The molecule has 2 aromatic rings. The Morgan fingerprint density at radius 2 is 1.36 bits per heavy atom. The Morgan fingerprint density at radius 3 is 1.64 bits per heavy atom. The van der Waals surface area contributed by atoms with Gasteiger partial charge in [0, 0.05) is 18.6 Å². The minimum absolute atomic E-state index is 0.473. The van der Waals surface area contributed by atoms with Crippen LogP contribution in [0.3, 0.4) is 0 Å². The summed E-state index contributed by atoms with van der Waals surface area (Å²) in [7, 11) is 0. The van der Waals surface area contributed by atoms with Gasteiger partial charge in [-0.2, -0.15) is 5.26 Å². The SMILES string of the molecule is CC.CC.CC.Cc1ccc(C#N)nc1.Cc1cccnc1. The summed E-state index contributed by atoms with van der Waals surface area (Å²) in [5.74, 6) is 0. The highest BCUT2D eigenvalue weighted by Gasteiger charge is 1.86. The highest BCUT2D eigenvalue weighted by atomic mass is 14.7. The van der Waals surface area contributed by atoms with Gasteiger partial charge in [0.25, 0.3) is 0 Å². The number of nitriles is 1. The lowest BCUT2D eigenvalue weighted by Crippen LogP contribution is -1.80. The number of pyridine rings is 2. The molecule has 22 heavy (non-hydrogen) atoms. The molecule has 0 radical (unpaired) electrons. The smallest absolute Gasteiger partial charge is 0.140 e. The van der Waals surface area contributed by atoms with E-state index in [1.165, 1.54) is 5.56 Å². The van der Waals surface area contributed by atoms with Crippen LogP contribution in [0.2, 0.25) is 0 Å². The van der Waals surface area contributed by atoms with E-state index in [1.54, 1.807) is 18.5 Å². The van der Waals surface area contributed by atoms with Gasteiger partial charge in [-0.05, 0) is 37.1 Å². The monoisotopic (exact) mass is 301 g/mol. The van der Waals surface area contributed by atoms with Gasteiger partial charge in [-0.1, -0.05) is 53.7 Å². The van der Waals surface area contributed by atoms with Gasteiger partial charge in [-0.3, -0.25) is 4.98 Å². The van der Waals surface area contributed by atoms with Crippen molar-refractivity contribution in [2.24, 2.45) is 0 Å². The van der Waals surface area contributed by atoms with Crippen LogP contribution in [0.15, 0.2) is 42.9 Å². The van der Waals surface area contributed by atoms with E-state index in [4.69, 9.17) is 5.26 Å². The number of rotatable bonds is 0. The van der Waals surface area contributed by atoms with E-state index in [0.29, 0.717) is 5.69 Å². The van der Waals surface area contributed by atoms with Gasteiger partial charge in [0.05, 0.1) is 0 Å². The van der Waals surface area contributed by atoms with Crippen LogP contribution in [0, 0.1) is 25.2 Å². The molecule has 0 saturated carbocycles. The fourth-order valence-electron chi connectivity index (χ4n) is 0.982. The van der Waals surface area contributed by atoms with Crippen molar-refractivity contribution < 1.29 is 0 Å². The van der Waals surface area contributed by atoms with Gasteiger partial charge in [-0.25, -0.2) is 4.98 Å². The van der Waals surface area contributed by atoms with Gasteiger partial charge < -0.3 is 0 Å². The molecule has 2 heterocycles. The average molecular weight is 301 g/mol. The molecule has 0 saturated heterocycles. The van der Waals surface area contributed by atoms with Crippen LogP contribution in [0.25, 0.3) is 0 Å². The third-order valence-electron chi connectivity index (χ3n) is 1.84. The van der Waals surface area contributed by atoms with Crippen LogP contribution in [-0.2, 0) is 0 Å².